The highest BCUT2D eigenvalue weighted by Crippen LogP contribution is 2.49. The van der Waals surface area contributed by atoms with Gasteiger partial charge in [0.2, 0.25) is 11.8 Å². The van der Waals surface area contributed by atoms with Crippen LogP contribution in [0.5, 0.6) is 0 Å². The molecule has 3 heteroatoms. The van der Waals surface area contributed by atoms with Gasteiger partial charge in [0.05, 0.1) is 5.92 Å². The summed E-state index contributed by atoms with van der Waals surface area (Å²) in [5.74, 6) is 0.749. The molecule has 2 fully saturated rings. The largest absolute Gasteiger partial charge is 0.296 e. The van der Waals surface area contributed by atoms with Crippen molar-refractivity contribution in [3.8, 4) is 0 Å². The summed E-state index contributed by atoms with van der Waals surface area (Å²) in [6.07, 6.45) is 2.64. The molecular weight excluding hydrogens is 190 g/mol. The van der Waals surface area contributed by atoms with Crippen molar-refractivity contribution < 1.29 is 9.59 Å². The Hall–Kier alpha value is -0.860. The highest BCUT2D eigenvalue weighted by molar-refractivity contribution is 6.03. The number of rotatable bonds is 1. The first kappa shape index (κ1) is 10.7. The fourth-order valence-corrected chi connectivity index (χ4v) is 3.40. The molecule has 0 aromatic heterocycles. The van der Waals surface area contributed by atoms with Gasteiger partial charge in [0.1, 0.15) is 0 Å². The number of carbonyl (C=O) groups excluding carboxylic acids is 2. The van der Waals surface area contributed by atoms with E-state index < -0.39 is 0 Å². The highest BCUT2D eigenvalue weighted by Gasteiger charge is 2.46. The van der Waals surface area contributed by atoms with Crippen LogP contribution in [0.2, 0.25) is 0 Å². The maximum Gasteiger partial charge on any atom is 0.230 e. The molecule has 0 spiro atoms. The topological polar surface area (TPSA) is 46.2 Å². The third-order valence-electron chi connectivity index (χ3n) is 3.92. The van der Waals surface area contributed by atoms with Crippen molar-refractivity contribution in [1.29, 1.82) is 0 Å². The third kappa shape index (κ3) is 1.92. The van der Waals surface area contributed by atoms with Crippen molar-refractivity contribution in [2.75, 3.05) is 0 Å². The van der Waals surface area contributed by atoms with E-state index in [1.807, 2.05) is 0 Å². The average molecular weight is 209 g/mol. The van der Waals surface area contributed by atoms with Gasteiger partial charge in [-0.25, -0.2) is 0 Å². The van der Waals surface area contributed by atoms with Gasteiger partial charge in [-0.05, 0) is 30.1 Å². The van der Waals surface area contributed by atoms with E-state index >= 15 is 0 Å². The van der Waals surface area contributed by atoms with E-state index in [1.54, 1.807) is 0 Å². The monoisotopic (exact) mass is 209 g/mol. The lowest BCUT2D eigenvalue weighted by Crippen LogP contribution is -2.27. The summed E-state index contributed by atoms with van der Waals surface area (Å²) < 4.78 is 0. The predicted molar refractivity (Wildman–Crippen MR) is 56.9 cm³/mol. The molecule has 1 heterocycles. The summed E-state index contributed by atoms with van der Waals surface area (Å²) >= 11 is 0. The molecule has 1 aliphatic heterocycles. The minimum absolute atomic E-state index is 0.0467. The normalized spacial score (nSPS) is 39.5. The summed E-state index contributed by atoms with van der Waals surface area (Å²) in [4.78, 5) is 22.8. The molecule has 1 aliphatic carbocycles. The SMILES string of the molecule is CC1CC(C)(C)CC1C1CC(=O)NC1=O. The maximum absolute atomic E-state index is 11.6. The molecule has 1 saturated heterocycles. The number of imide groups is 1. The van der Waals surface area contributed by atoms with Crippen LogP contribution in [-0.2, 0) is 9.59 Å². The van der Waals surface area contributed by atoms with E-state index in [0.29, 0.717) is 23.7 Å². The predicted octanol–water partition coefficient (Wildman–Crippen LogP) is 1.72. The van der Waals surface area contributed by atoms with Crippen LogP contribution in [0.15, 0.2) is 0 Å². The Balaban J connectivity index is 2.12. The standard InChI is InChI=1S/C12H19NO2/c1-7-5-12(2,3)6-9(7)8-4-10(14)13-11(8)15/h7-9H,4-6H2,1-3H3,(H,13,14,15). The lowest BCUT2D eigenvalue weighted by atomic mass is 9.82. The Morgan fingerprint density at radius 1 is 1.27 bits per heavy atom. The van der Waals surface area contributed by atoms with Crippen LogP contribution in [-0.4, -0.2) is 11.8 Å². The Morgan fingerprint density at radius 3 is 2.33 bits per heavy atom. The number of hydrogen-bond donors (Lipinski definition) is 1. The molecular formula is C12H19NO2. The van der Waals surface area contributed by atoms with Gasteiger partial charge in [0.15, 0.2) is 0 Å². The fraction of sp³-hybridized carbons (Fsp3) is 0.833. The second-order valence-corrected chi connectivity index (χ2v) is 5.94. The van der Waals surface area contributed by atoms with Crippen molar-refractivity contribution in [2.24, 2.45) is 23.2 Å². The summed E-state index contributed by atoms with van der Waals surface area (Å²) in [6.45, 7) is 6.70. The molecule has 0 bridgehead atoms. The zero-order valence-electron chi connectivity index (χ0n) is 9.67. The van der Waals surface area contributed by atoms with Gasteiger partial charge in [-0.2, -0.15) is 0 Å². The highest BCUT2D eigenvalue weighted by atomic mass is 16.2. The zero-order chi connectivity index (χ0) is 11.2. The minimum atomic E-state index is -0.0955. The number of amides is 2. The second kappa shape index (κ2) is 3.32. The van der Waals surface area contributed by atoms with E-state index in [2.05, 4.69) is 26.1 Å². The van der Waals surface area contributed by atoms with Gasteiger partial charge in [0.25, 0.3) is 0 Å². The first-order valence-electron chi connectivity index (χ1n) is 5.73. The van der Waals surface area contributed by atoms with Gasteiger partial charge in [0, 0.05) is 6.42 Å². The van der Waals surface area contributed by atoms with Crippen LogP contribution in [0.3, 0.4) is 0 Å². The summed E-state index contributed by atoms with van der Waals surface area (Å²) in [6, 6.07) is 0. The molecule has 2 aliphatic rings. The Morgan fingerprint density at radius 2 is 1.93 bits per heavy atom. The Kier molecular flexibility index (Phi) is 2.36. The molecule has 3 atom stereocenters. The first-order chi connectivity index (χ1) is 6.89. The molecule has 3 nitrogen and oxygen atoms in total. The average Bonchev–Trinajstić information content (AvgIpc) is 2.52. The first-order valence-corrected chi connectivity index (χ1v) is 5.73. The molecule has 15 heavy (non-hydrogen) atoms. The van der Waals surface area contributed by atoms with Gasteiger partial charge in [-0.15, -0.1) is 0 Å². The number of nitrogens with one attached hydrogen (secondary N) is 1. The fourth-order valence-electron chi connectivity index (χ4n) is 3.40. The third-order valence-corrected chi connectivity index (χ3v) is 3.92. The quantitative estimate of drug-likeness (QED) is 0.668. The van der Waals surface area contributed by atoms with Crippen LogP contribution in [0.1, 0.15) is 40.0 Å². The molecule has 1 N–H and O–H groups in total. The van der Waals surface area contributed by atoms with Crippen LogP contribution in [0.4, 0.5) is 0 Å². The Bertz CT molecular complexity index is 309. The molecule has 0 aromatic carbocycles. The summed E-state index contributed by atoms with van der Waals surface area (Å²) in [5.41, 5.74) is 0.329. The molecule has 0 aromatic rings. The molecule has 2 amide bonds. The van der Waals surface area contributed by atoms with Crippen molar-refractivity contribution in [3.05, 3.63) is 0 Å². The molecule has 84 valence electrons. The second-order valence-electron chi connectivity index (χ2n) is 5.94. The van der Waals surface area contributed by atoms with Gasteiger partial charge in [-0.1, -0.05) is 20.8 Å². The van der Waals surface area contributed by atoms with E-state index in [-0.39, 0.29) is 17.7 Å². The van der Waals surface area contributed by atoms with Gasteiger partial charge in [-0.3, -0.25) is 14.9 Å². The lowest BCUT2D eigenvalue weighted by molar-refractivity contribution is -0.126. The van der Waals surface area contributed by atoms with Crippen LogP contribution in [0, 0.1) is 23.2 Å². The van der Waals surface area contributed by atoms with Crippen LogP contribution >= 0.6 is 0 Å². The van der Waals surface area contributed by atoms with E-state index in [9.17, 15) is 9.59 Å². The van der Waals surface area contributed by atoms with Crippen LogP contribution < -0.4 is 5.32 Å². The van der Waals surface area contributed by atoms with Gasteiger partial charge >= 0.3 is 0 Å². The number of hydrogen-bond acceptors (Lipinski definition) is 2. The van der Waals surface area contributed by atoms with Crippen molar-refractivity contribution in [2.45, 2.75) is 40.0 Å². The molecule has 0 radical (unpaired) electrons. The smallest absolute Gasteiger partial charge is 0.230 e. The molecule has 3 unspecified atom stereocenters. The molecule has 1 saturated carbocycles. The number of carbonyl (C=O) groups is 2. The Labute approximate surface area is 90.6 Å². The van der Waals surface area contributed by atoms with Crippen molar-refractivity contribution >= 4 is 11.8 Å². The summed E-state index contributed by atoms with van der Waals surface area (Å²) in [5, 5.41) is 2.41. The van der Waals surface area contributed by atoms with Crippen LogP contribution in [0.25, 0.3) is 0 Å². The van der Waals surface area contributed by atoms with Crippen molar-refractivity contribution in [3.63, 3.8) is 0 Å². The van der Waals surface area contributed by atoms with E-state index in [0.717, 1.165) is 12.8 Å². The zero-order valence-corrected chi connectivity index (χ0v) is 9.67. The van der Waals surface area contributed by atoms with E-state index in [1.165, 1.54) is 0 Å². The maximum atomic E-state index is 11.6. The summed E-state index contributed by atoms with van der Waals surface area (Å²) in [7, 11) is 0. The van der Waals surface area contributed by atoms with Gasteiger partial charge < -0.3 is 0 Å². The minimum Gasteiger partial charge on any atom is -0.296 e. The van der Waals surface area contributed by atoms with Crippen molar-refractivity contribution in [1.82, 2.24) is 5.32 Å². The molecule has 2 rings (SSSR count). The lowest BCUT2D eigenvalue weighted by Gasteiger charge is -2.20. The van der Waals surface area contributed by atoms with E-state index in [4.69, 9.17) is 0 Å².